The van der Waals surface area contributed by atoms with E-state index in [-0.39, 0.29) is 9.80 Å². The van der Waals surface area contributed by atoms with Gasteiger partial charge in [0.1, 0.15) is 0 Å². The van der Waals surface area contributed by atoms with Gasteiger partial charge in [0.2, 0.25) is 9.84 Å². The molecule has 0 bridgehead atoms. The first-order chi connectivity index (χ1) is 10.9. The zero-order valence-electron chi connectivity index (χ0n) is 14.3. The lowest BCUT2D eigenvalue weighted by molar-refractivity contribution is 0.209. The predicted molar refractivity (Wildman–Crippen MR) is 96.0 cm³/mol. The number of hydrogen-bond donors (Lipinski definition) is 1. The van der Waals surface area contributed by atoms with Gasteiger partial charge in [-0.1, -0.05) is 56.9 Å². The van der Waals surface area contributed by atoms with Crippen LogP contribution in [-0.2, 0) is 9.84 Å². The molecule has 0 amide bonds. The smallest absolute Gasteiger partial charge is 0.206 e. The maximum Gasteiger partial charge on any atom is 0.206 e. The zero-order chi connectivity index (χ0) is 17.3. The molecule has 0 fully saturated rings. The van der Waals surface area contributed by atoms with Crippen LogP contribution < -0.4 is 0 Å². The molecule has 0 aromatic heterocycles. The van der Waals surface area contributed by atoms with Crippen molar-refractivity contribution in [2.75, 3.05) is 0 Å². The Balaban J connectivity index is 3.16. The van der Waals surface area contributed by atoms with Crippen LogP contribution in [0.4, 0.5) is 0 Å². The summed E-state index contributed by atoms with van der Waals surface area (Å²) in [5, 5.41) is 10.1. The van der Waals surface area contributed by atoms with Gasteiger partial charge < -0.3 is 5.11 Å². The highest BCUT2D eigenvalue weighted by Gasteiger charge is 2.19. The van der Waals surface area contributed by atoms with E-state index in [0.29, 0.717) is 6.42 Å². The fourth-order valence-electron chi connectivity index (χ4n) is 2.14. The van der Waals surface area contributed by atoms with Crippen molar-refractivity contribution in [1.82, 2.24) is 0 Å². The molecule has 4 heteroatoms. The lowest BCUT2D eigenvalue weighted by atomic mass is 10.1. The Morgan fingerprint density at radius 2 is 1.83 bits per heavy atom. The molecule has 0 saturated heterocycles. The number of sulfone groups is 1. The molecular formula is C19H28O3S. The maximum absolute atomic E-state index is 12.8. The number of benzene rings is 1. The SMILES string of the molecule is CCCC=CC(=C[C@H](O)CCCC)S(=O)(=O)c1ccc(C)cc1. The molecule has 0 aliphatic carbocycles. The van der Waals surface area contributed by atoms with Crippen LogP contribution in [0, 0.1) is 6.92 Å². The van der Waals surface area contributed by atoms with E-state index in [9.17, 15) is 13.5 Å². The summed E-state index contributed by atoms with van der Waals surface area (Å²) < 4.78 is 25.6. The topological polar surface area (TPSA) is 54.4 Å². The van der Waals surface area contributed by atoms with Gasteiger partial charge in [-0.05, 0) is 44.1 Å². The van der Waals surface area contributed by atoms with Crippen LogP contribution in [0.1, 0.15) is 51.5 Å². The van der Waals surface area contributed by atoms with Crippen LogP contribution in [0.2, 0.25) is 0 Å². The summed E-state index contributed by atoms with van der Waals surface area (Å²) >= 11 is 0. The molecule has 0 saturated carbocycles. The second kappa shape index (κ2) is 9.68. The van der Waals surface area contributed by atoms with E-state index >= 15 is 0 Å². The van der Waals surface area contributed by atoms with Gasteiger partial charge in [-0.25, -0.2) is 8.42 Å². The normalized spacial score (nSPS) is 14.3. The summed E-state index contributed by atoms with van der Waals surface area (Å²) in [6.45, 7) is 6.00. The molecule has 1 aromatic rings. The molecule has 0 aliphatic rings. The first-order valence-corrected chi connectivity index (χ1v) is 9.78. The predicted octanol–water partition coefficient (Wildman–Crippen LogP) is 4.56. The molecule has 1 atom stereocenters. The van der Waals surface area contributed by atoms with Gasteiger partial charge in [-0.2, -0.15) is 0 Å². The summed E-state index contributed by atoms with van der Waals surface area (Å²) in [6.07, 6.45) is 8.38. The molecule has 128 valence electrons. The lowest BCUT2D eigenvalue weighted by Gasteiger charge is -2.10. The average Bonchev–Trinajstić information content (AvgIpc) is 2.52. The van der Waals surface area contributed by atoms with E-state index in [1.165, 1.54) is 6.08 Å². The maximum atomic E-state index is 12.8. The molecule has 3 nitrogen and oxygen atoms in total. The van der Waals surface area contributed by atoms with Gasteiger partial charge >= 0.3 is 0 Å². The molecule has 0 radical (unpaired) electrons. The Bertz CT molecular complexity index is 625. The van der Waals surface area contributed by atoms with Crippen LogP contribution in [-0.4, -0.2) is 19.6 Å². The van der Waals surface area contributed by atoms with Crippen molar-refractivity contribution in [3.05, 3.63) is 53.0 Å². The van der Waals surface area contributed by atoms with Crippen LogP contribution in [0.25, 0.3) is 0 Å². The van der Waals surface area contributed by atoms with Crippen LogP contribution in [0.3, 0.4) is 0 Å². The summed E-state index contributed by atoms with van der Waals surface area (Å²) in [5.74, 6) is 0. The van der Waals surface area contributed by atoms with Crippen molar-refractivity contribution in [1.29, 1.82) is 0 Å². The Kier molecular flexibility index (Phi) is 8.28. The van der Waals surface area contributed by atoms with E-state index in [4.69, 9.17) is 0 Å². The van der Waals surface area contributed by atoms with Gasteiger partial charge in [0.15, 0.2) is 0 Å². The molecule has 1 N–H and O–H groups in total. The number of unbranched alkanes of at least 4 members (excludes halogenated alkanes) is 2. The quantitative estimate of drug-likeness (QED) is 0.673. The van der Waals surface area contributed by atoms with E-state index in [1.54, 1.807) is 30.3 Å². The highest BCUT2D eigenvalue weighted by Crippen LogP contribution is 2.22. The zero-order valence-corrected chi connectivity index (χ0v) is 15.1. The van der Waals surface area contributed by atoms with Crippen molar-refractivity contribution < 1.29 is 13.5 Å². The minimum atomic E-state index is -3.60. The highest BCUT2D eigenvalue weighted by atomic mass is 32.2. The summed E-state index contributed by atoms with van der Waals surface area (Å²) in [6, 6.07) is 6.80. The minimum absolute atomic E-state index is 0.179. The average molecular weight is 336 g/mol. The second-order valence-corrected chi connectivity index (χ2v) is 7.74. The molecule has 0 unspecified atom stereocenters. The summed E-state index contributed by atoms with van der Waals surface area (Å²) in [4.78, 5) is 0.441. The fraction of sp³-hybridized carbons (Fsp3) is 0.474. The first-order valence-electron chi connectivity index (χ1n) is 8.30. The Hall–Kier alpha value is -1.39. The van der Waals surface area contributed by atoms with E-state index in [2.05, 4.69) is 0 Å². The van der Waals surface area contributed by atoms with Crippen LogP contribution in [0.5, 0.6) is 0 Å². The number of hydrogen-bond acceptors (Lipinski definition) is 3. The van der Waals surface area contributed by atoms with E-state index in [1.807, 2.05) is 26.8 Å². The number of aryl methyl sites for hydroxylation is 1. The number of aliphatic hydroxyl groups is 1. The molecule has 0 aliphatic heterocycles. The standard InChI is InChI=1S/C19H28O3S/c1-4-6-8-10-19(15-17(20)9-7-5-2)23(21,22)18-13-11-16(3)12-14-18/h8,10-15,17,20H,4-7,9H2,1-3H3/t17-/m1/s1. The summed E-state index contributed by atoms with van der Waals surface area (Å²) in [7, 11) is -3.60. The Morgan fingerprint density at radius 3 is 2.39 bits per heavy atom. The third kappa shape index (κ3) is 6.32. The monoisotopic (exact) mass is 336 g/mol. The molecule has 1 rings (SSSR count). The number of allylic oxidation sites excluding steroid dienone is 2. The van der Waals surface area contributed by atoms with Gasteiger partial charge in [0.05, 0.1) is 15.9 Å². The fourth-order valence-corrected chi connectivity index (χ4v) is 3.52. The molecule has 0 heterocycles. The van der Waals surface area contributed by atoms with Crippen LogP contribution in [0.15, 0.2) is 52.3 Å². The highest BCUT2D eigenvalue weighted by molar-refractivity contribution is 7.95. The van der Waals surface area contributed by atoms with Crippen molar-refractivity contribution in [2.45, 2.75) is 63.9 Å². The van der Waals surface area contributed by atoms with Gasteiger partial charge in [-0.3, -0.25) is 0 Å². The molecule has 23 heavy (non-hydrogen) atoms. The number of rotatable bonds is 9. The minimum Gasteiger partial charge on any atom is -0.389 e. The number of aliphatic hydroxyl groups excluding tert-OH is 1. The Morgan fingerprint density at radius 1 is 1.17 bits per heavy atom. The van der Waals surface area contributed by atoms with Crippen molar-refractivity contribution in [3.8, 4) is 0 Å². The van der Waals surface area contributed by atoms with Gasteiger partial charge in [0.25, 0.3) is 0 Å². The van der Waals surface area contributed by atoms with Gasteiger partial charge in [0, 0.05) is 0 Å². The van der Waals surface area contributed by atoms with Crippen molar-refractivity contribution in [2.24, 2.45) is 0 Å². The third-order valence-corrected chi connectivity index (χ3v) is 5.37. The largest absolute Gasteiger partial charge is 0.389 e. The molecule has 1 aromatic carbocycles. The third-order valence-electron chi connectivity index (χ3n) is 3.59. The van der Waals surface area contributed by atoms with Crippen molar-refractivity contribution in [3.63, 3.8) is 0 Å². The molecular weight excluding hydrogens is 308 g/mol. The Labute approximate surface area is 140 Å². The van der Waals surface area contributed by atoms with E-state index < -0.39 is 15.9 Å². The van der Waals surface area contributed by atoms with Crippen LogP contribution >= 0.6 is 0 Å². The molecule has 0 spiro atoms. The first kappa shape index (κ1) is 19.7. The summed E-state index contributed by atoms with van der Waals surface area (Å²) in [5.41, 5.74) is 1.01. The van der Waals surface area contributed by atoms with E-state index in [0.717, 1.165) is 31.2 Å². The lowest BCUT2D eigenvalue weighted by Crippen LogP contribution is -2.09. The van der Waals surface area contributed by atoms with Crippen molar-refractivity contribution >= 4 is 9.84 Å². The van der Waals surface area contributed by atoms with Gasteiger partial charge in [-0.15, -0.1) is 0 Å². The second-order valence-electron chi connectivity index (χ2n) is 5.79.